The van der Waals surface area contributed by atoms with Gasteiger partial charge < -0.3 is 0 Å². The zero-order chi connectivity index (χ0) is 8.85. The molecule has 0 bridgehead atoms. The molecule has 0 saturated carbocycles. The predicted octanol–water partition coefficient (Wildman–Crippen LogP) is 2.70. The van der Waals surface area contributed by atoms with Crippen molar-refractivity contribution in [2.45, 2.75) is 33.7 Å². The van der Waals surface area contributed by atoms with Crippen LogP contribution in [0.3, 0.4) is 0 Å². The van der Waals surface area contributed by atoms with Crippen LogP contribution in [0.5, 0.6) is 0 Å². The number of hydrogen-bond donors (Lipinski definition) is 0. The molecule has 0 aliphatic rings. The fourth-order valence-electron chi connectivity index (χ4n) is 1.00. The monoisotopic (exact) mass is 154 g/mol. The summed E-state index contributed by atoms with van der Waals surface area (Å²) in [5.41, 5.74) is 0. The highest BCUT2D eigenvalue weighted by molar-refractivity contribution is 4.88. The number of hydrogen-bond acceptors (Lipinski definition) is 1. The third kappa shape index (κ3) is 5.02. The molecule has 0 aromatic rings. The lowest BCUT2D eigenvalue weighted by molar-refractivity contribution is 0.255. The summed E-state index contributed by atoms with van der Waals surface area (Å²) < 4.78 is 0. The van der Waals surface area contributed by atoms with Crippen molar-refractivity contribution in [3.63, 3.8) is 0 Å². The van der Waals surface area contributed by atoms with E-state index < -0.39 is 0 Å². The van der Waals surface area contributed by atoms with Crippen molar-refractivity contribution >= 4 is 0 Å². The van der Waals surface area contributed by atoms with Gasteiger partial charge in [-0.15, -0.1) is 6.58 Å². The maximum atomic E-state index is 3.69. The molecule has 0 rings (SSSR count). The second kappa shape index (κ2) is 5.36. The average molecular weight is 154 g/mol. The van der Waals surface area contributed by atoms with Gasteiger partial charge in [-0.1, -0.05) is 19.9 Å². The lowest BCUT2D eigenvalue weighted by Gasteiger charge is -2.26. The fraction of sp³-hybridized carbons (Fsp3) is 0.700. The summed E-state index contributed by atoms with van der Waals surface area (Å²) in [6.07, 6.45) is 1.85. The maximum Gasteiger partial charge on any atom is 0.0470 e. The molecule has 0 aromatic carbocycles. The van der Waals surface area contributed by atoms with Crippen molar-refractivity contribution in [3.05, 3.63) is 19.2 Å². The molecule has 0 aromatic heterocycles. The summed E-state index contributed by atoms with van der Waals surface area (Å²) in [6, 6.07) is 0.579. The van der Waals surface area contributed by atoms with E-state index in [1.54, 1.807) is 0 Å². The summed E-state index contributed by atoms with van der Waals surface area (Å²) in [5.74, 6) is 0.716. The van der Waals surface area contributed by atoms with Gasteiger partial charge in [-0.05, 0) is 19.8 Å². The second-order valence-corrected chi connectivity index (χ2v) is 3.57. The fourth-order valence-corrected chi connectivity index (χ4v) is 1.00. The largest absolute Gasteiger partial charge is 0.292 e. The molecule has 65 valence electrons. The van der Waals surface area contributed by atoms with Crippen molar-refractivity contribution in [1.82, 2.24) is 4.90 Å². The number of nitrogens with zero attached hydrogens (tertiary/aromatic N) is 1. The SMILES string of the molecule is C=C[CH]N(CC(C)C)C(C)C. The summed E-state index contributed by atoms with van der Waals surface area (Å²) >= 11 is 0. The molecule has 1 radical (unpaired) electrons. The summed E-state index contributed by atoms with van der Waals surface area (Å²) in [6.45, 7) is 15.7. The van der Waals surface area contributed by atoms with Gasteiger partial charge in [0.1, 0.15) is 0 Å². The lowest BCUT2D eigenvalue weighted by Crippen LogP contribution is -2.31. The van der Waals surface area contributed by atoms with Crippen LogP contribution in [0, 0.1) is 12.5 Å². The molecule has 0 atom stereocenters. The zero-order valence-corrected chi connectivity index (χ0v) is 8.17. The topological polar surface area (TPSA) is 3.24 Å². The van der Waals surface area contributed by atoms with Gasteiger partial charge in [0, 0.05) is 19.1 Å². The molecule has 0 spiro atoms. The Hall–Kier alpha value is -0.300. The van der Waals surface area contributed by atoms with E-state index in [-0.39, 0.29) is 0 Å². The molecule has 1 heteroatoms. The van der Waals surface area contributed by atoms with Crippen LogP contribution in [0.2, 0.25) is 0 Å². The summed E-state index contributed by atoms with van der Waals surface area (Å²) in [4.78, 5) is 2.30. The highest BCUT2D eigenvalue weighted by Gasteiger charge is 2.08. The molecule has 0 fully saturated rings. The second-order valence-electron chi connectivity index (χ2n) is 3.57. The maximum absolute atomic E-state index is 3.69. The van der Waals surface area contributed by atoms with E-state index in [1.807, 2.05) is 6.08 Å². The Morgan fingerprint density at radius 3 is 2.09 bits per heavy atom. The Morgan fingerprint density at radius 1 is 1.27 bits per heavy atom. The van der Waals surface area contributed by atoms with E-state index >= 15 is 0 Å². The summed E-state index contributed by atoms with van der Waals surface area (Å²) in [5, 5.41) is 0. The molecule has 1 nitrogen and oxygen atoms in total. The summed E-state index contributed by atoms with van der Waals surface area (Å²) in [7, 11) is 0. The third-order valence-corrected chi connectivity index (χ3v) is 1.54. The molecule has 0 unspecified atom stereocenters. The van der Waals surface area contributed by atoms with Gasteiger partial charge in [0.25, 0.3) is 0 Å². The quantitative estimate of drug-likeness (QED) is 0.588. The van der Waals surface area contributed by atoms with Gasteiger partial charge in [-0.25, -0.2) is 0 Å². The van der Waals surface area contributed by atoms with Crippen molar-refractivity contribution in [2.24, 2.45) is 5.92 Å². The molecule has 11 heavy (non-hydrogen) atoms. The van der Waals surface area contributed by atoms with Crippen molar-refractivity contribution in [1.29, 1.82) is 0 Å². The first-order valence-electron chi connectivity index (χ1n) is 4.29. The van der Waals surface area contributed by atoms with Crippen LogP contribution in [-0.2, 0) is 0 Å². The Morgan fingerprint density at radius 2 is 1.82 bits per heavy atom. The molecular formula is C10H20N. The van der Waals surface area contributed by atoms with E-state index in [0.717, 1.165) is 6.54 Å². The molecule has 0 amide bonds. The van der Waals surface area contributed by atoms with Crippen LogP contribution in [0.15, 0.2) is 12.7 Å². The molecule has 0 heterocycles. The minimum atomic E-state index is 0.579. The van der Waals surface area contributed by atoms with Crippen LogP contribution in [-0.4, -0.2) is 17.5 Å². The van der Waals surface area contributed by atoms with E-state index in [4.69, 9.17) is 0 Å². The predicted molar refractivity (Wildman–Crippen MR) is 51.2 cm³/mol. The zero-order valence-electron chi connectivity index (χ0n) is 8.17. The van der Waals surface area contributed by atoms with Gasteiger partial charge in [0.05, 0.1) is 0 Å². The van der Waals surface area contributed by atoms with Crippen LogP contribution < -0.4 is 0 Å². The van der Waals surface area contributed by atoms with Gasteiger partial charge in [-0.3, -0.25) is 4.90 Å². The van der Waals surface area contributed by atoms with Crippen LogP contribution in [0.25, 0.3) is 0 Å². The van der Waals surface area contributed by atoms with Gasteiger partial charge >= 0.3 is 0 Å². The van der Waals surface area contributed by atoms with E-state index in [2.05, 4.69) is 45.7 Å². The first-order valence-corrected chi connectivity index (χ1v) is 4.29. The molecule has 0 aliphatic carbocycles. The normalized spacial score (nSPS) is 11.5. The first-order chi connectivity index (χ1) is 5.07. The Balaban J connectivity index is 3.78. The van der Waals surface area contributed by atoms with Crippen LogP contribution in [0.1, 0.15) is 27.7 Å². The minimum absolute atomic E-state index is 0.579. The molecule has 0 aliphatic heterocycles. The van der Waals surface area contributed by atoms with E-state index in [0.29, 0.717) is 12.0 Å². The molecule has 0 saturated heterocycles. The molecule has 0 N–H and O–H groups in total. The van der Waals surface area contributed by atoms with Crippen molar-refractivity contribution < 1.29 is 0 Å². The van der Waals surface area contributed by atoms with Gasteiger partial charge in [-0.2, -0.15) is 0 Å². The highest BCUT2D eigenvalue weighted by Crippen LogP contribution is 2.06. The minimum Gasteiger partial charge on any atom is -0.292 e. The average Bonchev–Trinajstić information content (AvgIpc) is 1.86. The Labute approximate surface area is 71.1 Å². The first kappa shape index (κ1) is 10.7. The van der Waals surface area contributed by atoms with Gasteiger partial charge in [0.2, 0.25) is 0 Å². The smallest absolute Gasteiger partial charge is 0.0470 e. The van der Waals surface area contributed by atoms with Crippen molar-refractivity contribution in [3.8, 4) is 0 Å². The van der Waals surface area contributed by atoms with Crippen LogP contribution >= 0.6 is 0 Å². The van der Waals surface area contributed by atoms with E-state index in [1.165, 1.54) is 0 Å². The Kier molecular flexibility index (Phi) is 5.22. The standard InChI is InChI=1S/C10H20N/c1-6-7-11(10(4)5)8-9(2)3/h6-7,9-10H,1,8H2,2-5H3. The number of rotatable bonds is 5. The highest BCUT2D eigenvalue weighted by atomic mass is 15.1. The van der Waals surface area contributed by atoms with Crippen LogP contribution in [0.4, 0.5) is 0 Å². The van der Waals surface area contributed by atoms with E-state index in [9.17, 15) is 0 Å². The third-order valence-electron chi connectivity index (χ3n) is 1.54. The Bertz CT molecular complexity index is 105. The molecular weight excluding hydrogens is 134 g/mol. The van der Waals surface area contributed by atoms with Gasteiger partial charge in [0.15, 0.2) is 0 Å². The lowest BCUT2D eigenvalue weighted by atomic mass is 10.2. The van der Waals surface area contributed by atoms with Crippen molar-refractivity contribution in [2.75, 3.05) is 6.54 Å².